The SMILES string of the molecule is CCNC(CO)(CCSC)c1ccccc1. The minimum absolute atomic E-state index is 0.144. The standard InChI is InChI=1S/C13H21NOS/c1-3-14-13(11-15,9-10-16-2)12-7-5-4-6-8-12/h4-8,14-15H,3,9-11H2,1-2H3. The molecule has 0 fully saturated rings. The summed E-state index contributed by atoms with van der Waals surface area (Å²) in [5, 5.41) is 13.1. The van der Waals surface area contributed by atoms with Gasteiger partial charge in [0.1, 0.15) is 0 Å². The van der Waals surface area contributed by atoms with E-state index >= 15 is 0 Å². The molecule has 0 bridgehead atoms. The molecule has 0 amide bonds. The fraction of sp³-hybridized carbons (Fsp3) is 0.538. The number of rotatable bonds is 7. The van der Waals surface area contributed by atoms with E-state index in [2.05, 4.69) is 30.6 Å². The maximum Gasteiger partial charge on any atom is 0.0676 e. The van der Waals surface area contributed by atoms with Crippen LogP contribution in [-0.2, 0) is 5.54 Å². The second-order valence-electron chi connectivity index (χ2n) is 3.88. The maximum atomic E-state index is 9.72. The summed E-state index contributed by atoms with van der Waals surface area (Å²) in [6.45, 7) is 3.09. The summed E-state index contributed by atoms with van der Waals surface area (Å²) < 4.78 is 0. The van der Waals surface area contributed by atoms with Gasteiger partial charge in [-0.1, -0.05) is 37.3 Å². The molecule has 0 radical (unpaired) electrons. The first-order chi connectivity index (χ1) is 7.79. The molecule has 0 aliphatic carbocycles. The zero-order valence-electron chi connectivity index (χ0n) is 10.1. The number of benzene rings is 1. The highest BCUT2D eigenvalue weighted by molar-refractivity contribution is 7.98. The van der Waals surface area contributed by atoms with E-state index in [-0.39, 0.29) is 12.1 Å². The van der Waals surface area contributed by atoms with Crippen molar-refractivity contribution in [2.24, 2.45) is 0 Å². The monoisotopic (exact) mass is 239 g/mol. The Morgan fingerprint density at radius 3 is 2.50 bits per heavy atom. The minimum atomic E-state index is -0.279. The van der Waals surface area contributed by atoms with Gasteiger partial charge in [-0.15, -0.1) is 0 Å². The van der Waals surface area contributed by atoms with Crippen LogP contribution < -0.4 is 5.32 Å². The highest BCUT2D eigenvalue weighted by Crippen LogP contribution is 2.25. The molecule has 1 rings (SSSR count). The highest BCUT2D eigenvalue weighted by atomic mass is 32.2. The molecule has 0 spiro atoms. The fourth-order valence-electron chi connectivity index (χ4n) is 1.93. The second-order valence-corrected chi connectivity index (χ2v) is 4.86. The lowest BCUT2D eigenvalue weighted by Gasteiger charge is -2.33. The third-order valence-electron chi connectivity index (χ3n) is 2.84. The van der Waals surface area contributed by atoms with E-state index in [1.807, 2.05) is 30.0 Å². The molecule has 0 aromatic heterocycles. The van der Waals surface area contributed by atoms with E-state index in [1.165, 1.54) is 5.56 Å². The summed E-state index contributed by atoms with van der Waals surface area (Å²) in [7, 11) is 0. The quantitative estimate of drug-likeness (QED) is 0.765. The van der Waals surface area contributed by atoms with Crippen LogP contribution in [0.25, 0.3) is 0 Å². The van der Waals surface area contributed by atoms with Crippen LogP contribution in [0, 0.1) is 0 Å². The van der Waals surface area contributed by atoms with Gasteiger partial charge in [-0.25, -0.2) is 0 Å². The smallest absolute Gasteiger partial charge is 0.0676 e. The zero-order chi connectivity index (χ0) is 11.9. The topological polar surface area (TPSA) is 32.3 Å². The van der Waals surface area contributed by atoms with Gasteiger partial charge < -0.3 is 10.4 Å². The molecule has 0 saturated heterocycles. The number of nitrogens with one attached hydrogen (secondary N) is 1. The van der Waals surface area contributed by atoms with Crippen LogP contribution in [0.2, 0.25) is 0 Å². The van der Waals surface area contributed by atoms with Crippen LogP contribution >= 0.6 is 11.8 Å². The Morgan fingerprint density at radius 2 is 2.00 bits per heavy atom. The first-order valence-corrected chi connectivity index (χ1v) is 7.09. The average molecular weight is 239 g/mol. The Balaban J connectivity index is 2.92. The van der Waals surface area contributed by atoms with Crippen molar-refractivity contribution in [3.8, 4) is 0 Å². The van der Waals surface area contributed by atoms with E-state index in [9.17, 15) is 5.11 Å². The lowest BCUT2D eigenvalue weighted by Crippen LogP contribution is -2.46. The predicted octanol–water partition coefficient (Wildman–Crippen LogP) is 2.24. The predicted molar refractivity (Wildman–Crippen MR) is 71.9 cm³/mol. The minimum Gasteiger partial charge on any atom is -0.394 e. The Labute approximate surface area is 102 Å². The molecule has 2 nitrogen and oxygen atoms in total. The molecular formula is C13H21NOS. The molecule has 0 heterocycles. The second kappa shape index (κ2) is 6.94. The Hall–Kier alpha value is -0.510. The summed E-state index contributed by atoms with van der Waals surface area (Å²) >= 11 is 1.81. The summed E-state index contributed by atoms with van der Waals surface area (Å²) in [5.41, 5.74) is 0.896. The first-order valence-electron chi connectivity index (χ1n) is 5.69. The fourth-order valence-corrected chi connectivity index (χ4v) is 2.49. The average Bonchev–Trinajstić information content (AvgIpc) is 2.36. The van der Waals surface area contributed by atoms with E-state index in [0.29, 0.717) is 0 Å². The number of hydrogen-bond donors (Lipinski definition) is 2. The summed E-state index contributed by atoms with van der Waals surface area (Å²) in [5.74, 6) is 1.04. The number of aliphatic hydroxyl groups is 1. The maximum absolute atomic E-state index is 9.72. The van der Waals surface area contributed by atoms with Crippen molar-refractivity contribution < 1.29 is 5.11 Å². The molecule has 1 atom stereocenters. The van der Waals surface area contributed by atoms with Crippen molar-refractivity contribution in [1.29, 1.82) is 0 Å². The van der Waals surface area contributed by atoms with Crippen LogP contribution in [0.4, 0.5) is 0 Å². The first kappa shape index (κ1) is 13.6. The third-order valence-corrected chi connectivity index (χ3v) is 3.46. The Bertz CT molecular complexity index is 291. The zero-order valence-corrected chi connectivity index (χ0v) is 10.9. The van der Waals surface area contributed by atoms with Crippen molar-refractivity contribution in [3.05, 3.63) is 35.9 Å². The molecule has 0 aliphatic rings. The molecule has 1 aromatic carbocycles. The van der Waals surface area contributed by atoms with Gasteiger partial charge in [0.25, 0.3) is 0 Å². The van der Waals surface area contributed by atoms with Gasteiger partial charge >= 0.3 is 0 Å². The van der Waals surface area contributed by atoms with Crippen molar-refractivity contribution in [3.63, 3.8) is 0 Å². The number of hydrogen-bond acceptors (Lipinski definition) is 3. The number of thioether (sulfide) groups is 1. The van der Waals surface area contributed by atoms with Crippen molar-refractivity contribution in [1.82, 2.24) is 5.32 Å². The summed E-state index contributed by atoms with van der Waals surface area (Å²) in [6, 6.07) is 10.2. The molecule has 0 aliphatic heterocycles. The van der Waals surface area contributed by atoms with Crippen LogP contribution in [0.5, 0.6) is 0 Å². The van der Waals surface area contributed by atoms with E-state index < -0.39 is 0 Å². The lowest BCUT2D eigenvalue weighted by atomic mass is 9.88. The lowest BCUT2D eigenvalue weighted by molar-refractivity contribution is 0.158. The van der Waals surface area contributed by atoms with Gasteiger partial charge in [0.2, 0.25) is 0 Å². The number of likely N-dealkylation sites (N-methyl/N-ethyl adjacent to an activating group) is 1. The van der Waals surface area contributed by atoms with Crippen LogP contribution in [0.3, 0.4) is 0 Å². The van der Waals surface area contributed by atoms with Crippen molar-refractivity contribution in [2.45, 2.75) is 18.9 Å². The summed E-state index contributed by atoms with van der Waals surface area (Å²) in [4.78, 5) is 0. The molecule has 16 heavy (non-hydrogen) atoms. The largest absolute Gasteiger partial charge is 0.394 e. The van der Waals surface area contributed by atoms with Gasteiger partial charge in [0.05, 0.1) is 12.1 Å². The van der Waals surface area contributed by atoms with Crippen LogP contribution in [0.1, 0.15) is 18.9 Å². The van der Waals surface area contributed by atoms with Gasteiger partial charge in [-0.3, -0.25) is 0 Å². The van der Waals surface area contributed by atoms with Gasteiger partial charge in [0, 0.05) is 0 Å². The summed E-state index contributed by atoms with van der Waals surface area (Å²) in [6.07, 6.45) is 3.04. The highest BCUT2D eigenvalue weighted by Gasteiger charge is 2.29. The van der Waals surface area contributed by atoms with Gasteiger partial charge in [-0.2, -0.15) is 11.8 Å². The van der Waals surface area contributed by atoms with E-state index in [1.54, 1.807) is 0 Å². The van der Waals surface area contributed by atoms with Crippen LogP contribution in [0.15, 0.2) is 30.3 Å². The Kier molecular flexibility index (Phi) is 5.88. The molecule has 0 saturated carbocycles. The van der Waals surface area contributed by atoms with E-state index in [0.717, 1.165) is 18.7 Å². The van der Waals surface area contributed by atoms with Crippen molar-refractivity contribution >= 4 is 11.8 Å². The van der Waals surface area contributed by atoms with Crippen molar-refractivity contribution in [2.75, 3.05) is 25.2 Å². The Morgan fingerprint density at radius 1 is 1.31 bits per heavy atom. The molecular weight excluding hydrogens is 218 g/mol. The molecule has 3 heteroatoms. The molecule has 1 aromatic rings. The molecule has 1 unspecified atom stereocenters. The third kappa shape index (κ3) is 3.24. The van der Waals surface area contributed by atoms with E-state index in [4.69, 9.17) is 0 Å². The molecule has 2 N–H and O–H groups in total. The number of aliphatic hydroxyl groups excluding tert-OH is 1. The van der Waals surface area contributed by atoms with Gasteiger partial charge in [0.15, 0.2) is 0 Å². The normalized spacial score (nSPS) is 14.7. The molecule has 90 valence electrons. The van der Waals surface area contributed by atoms with Gasteiger partial charge in [-0.05, 0) is 30.5 Å². The van der Waals surface area contributed by atoms with Crippen LogP contribution in [-0.4, -0.2) is 30.3 Å².